The highest BCUT2D eigenvalue weighted by Gasteiger charge is 2.32. The largest absolute Gasteiger partial charge is 0.481 e. The highest BCUT2D eigenvalue weighted by Crippen LogP contribution is 2.23. The van der Waals surface area contributed by atoms with Gasteiger partial charge < -0.3 is 5.11 Å². The first-order valence-electron chi connectivity index (χ1n) is 5.24. The van der Waals surface area contributed by atoms with Crippen molar-refractivity contribution < 1.29 is 9.90 Å². The maximum absolute atomic E-state index is 11.1. The first-order chi connectivity index (χ1) is 6.93. The van der Waals surface area contributed by atoms with Gasteiger partial charge in [-0.05, 0) is 33.3 Å². The van der Waals surface area contributed by atoms with Crippen molar-refractivity contribution in [3.05, 3.63) is 17.5 Å². The number of hydrogen-bond donors (Lipinski definition) is 1. The van der Waals surface area contributed by atoms with Crippen molar-refractivity contribution in [3.8, 4) is 0 Å². The topological polar surface area (TPSA) is 55.1 Å². The molecule has 0 atom stereocenters. The predicted octanol–water partition coefficient (Wildman–Crippen LogP) is 1.83. The van der Waals surface area contributed by atoms with Crippen LogP contribution < -0.4 is 0 Å². The Labute approximate surface area is 89.9 Å². The van der Waals surface area contributed by atoms with Gasteiger partial charge in [0, 0.05) is 12.2 Å². The molecule has 4 nitrogen and oxygen atoms in total. The van der Waals surface area contributed by atoms with Crippen molar-refractivity contribution in [3.63, 3.8) is 0 Å². The zero-order valence-corrected chi connectivity index (χ0v) is 9.74. The molecular formula is C11H18N2O2. The molecule has 0 saturated heterocycles. The minimum absolute atomic E-state index is 0.633. The van der Waals surface area contributed by atoms with E-state index in [0.717, 1.165) is 18.7 Å². The molecule has 0 aliphatic heterocycles. The summed E-state index contributed by atoms with van der Waals surface area (Å²) in [5, 5.41) is 13.4. The van der Waals surface area contributed by atoms with Crippen LogP contribution in [0.25, 0.3) is 0 Å². The van der Waals surface area contributed by atoms with E-state index in [1.54, 1.807) is 13.8 Å². The summed E-state index contributed by atoms with van der Waals surface area (Å²) >= 11 is 0. The van der Waals surface area contributed by atoms with E-state index in [1.807, 2.05) is 24.6 Å². The Kier molecular flexibility index (Phi) is 3.17. The Morgan fingerprint density at radius 3 is 2.47 bits per heavy atom. The number of hydrogen-bond acceptors (Lipinski definition) is 2. The van der Waals surface area contributed by atoms with Crippen molar-refractivity contribution in [1.29, 1.82) is 0 Å². The Morgan fingerprint density at radius 1 is 1.53 bits per heavy atom. The molecule has 1 heterocycles. The predicted molar refractivity (Wildman–Crippen MR) is 57.9 cm³/mol. The van der Waals surface area contributed by atoms with Gasteiger partial charge in [-0.3, -0.25) is 9.48 Å². The molecule has 0 aromatic carbocycles. The quantitative estimate of drug-likeness (QED) is 0.824. The molecule has 4 heteroatoms. The van der Waals surface area contributed by atoms with Gasteiger partial charge in [-0.15, -0.1) is 0 Å². The van der Waals surface area contributed by atoms with E-state index in [-0.39, 0.29) is 0 Å². The summed E-state index contributed by atoms with van der Waals surface area (Å²) in [5.74, 6) is -0.842. The van der Waals surface area contributed by atoms with Gasteiger partial charge in [0.1, 0.15) is 5.41 Å². The maximum atomic E-state index is 11.1. The van der Waals surface area contributed by atoms with Crippen LogP contribution >= 0.6 is 0 Å². The van der Waals surface area contributed by atoms with Crippen LogP contribution in [0.15, 0.2) is 6.07 Å². The van der Waals surface area contributed by atoms with E-state index in [0.29, 0.717) is 5.69 Å². The smallest absolute Gasteiger partial charge is 0.315 e. The highest BCUT2D eigenvalue weighted by atomic mass is 16.4. The lowest BCUT2D eigenvalue weighted by atomic mass is 9.89. The van der Waals surface area contributed by atoms with Crippen LogP contribution in [-0.4, -0.2) is 20.9 Å². The zero-order valence-electron chi connectivity index (χ0n) is 9.74. The SMILES string of the molecule is CCc1cc(C(C)(C)C(=O)O)nn1CC. The van der Waals surface area contributed by atoms with E-state index in [4.69, 9.17) is 5.11 Å². The van der Waals surface area contributed by atoms with E-state index >= 15 is 0 Å². The number of aryl methyl sites for hydroxylation is 2. The molecule has 15 heavy (non-hydrogen) atoms. The third kappa shape index (κ3) is 2.03. The summed E-state index contributed by atoms with van der Waals surface area (Å²) in [6.45, 7) is 8.18. The molecule has 0 amide bonds. The van der Waals surface area contributed by atoms with Gasteiger partial charge in [0.05, 0.1) is 5.69 Å². The fourth-order valence-corrected chi connectivity index (χ4v) is 1.43. The molecule has 84 valence electrons. The van der Waals surface area contributed by atoms with Crippen molar-refractivity contribution in [2.45, 2.75) is 46.1 Å². The molecular weight excluding hydrogens is 192 g/mol. The Bertz CT molecular complexity index is 345. The Hall–Kier alpha value is -1.32. The van der Waals surface area contributed by atoms with E-state index in [1.165, 1.54) is 0 Å². The van der Waals surface area contributed by atoms with Gasteiger partial charge in [-0.1, -0.05) is 6.92 Å². The third-order valence-corrected chi connectivity index (χ3v) is 2.70. The van der Waals surface area contributed by atoms with E-state index < -0.39 is 11.4 Å². The van der Waals surface area contributed by atoms with Gasteiger partial charge in [0.2, 0.25) is 0 Å². The van der Waals surface area contributed by atoms with E-state index in [2.05, 4.69) is 5.10 Å². The summed E-state index contributed by atoms with van der Waals surface area (Å²) in [7, 11) is 0. The highest BCUT2D eigenvalue weighted by molar-refractivity contribution is 5.79. The standard InChI is InChI=1S/C11H18N2O2/c1-5-8-7-9(12-13(8)6-2)11(3,4)10(14)15/h7H,5-6H2,1-4H3,(H,14,15). The summed E-state index contributed by atoms with van der Waals surface area (Å²) < 4.78 is 1.86. The monoisotopic (exact) mass is 210 g/mol. The molecule has 0 saturated carbocycles. The van der Waals surface area contributed by atoms with Crippen LogP contribution in [0.4, 0.5) is 0 Å². The molecule has 0 aliphatic carbocycles. The van der Waals surface area contributed by atoms with Gasteiger partial charge in [0.15, 0.2) is 0 Å². The molecule has 0 bridgehead atoms. The lowest BCUT2D eigenvalue weighted by Crippen LogP contribution is -2.29. The average Bonchev–Trinajstić information content (AvgIpc) is 2.60. The molecule has 1 N–H and O–H groups in total. The van der Waals surface area contributed by atoms with Crippen LogP contribution in [-0.2, 0) is 23.2 Å². The Balaban J connectivity index is 3.16. The first-order valence-corrected chi connectivity index (χ1v) is 5.24. The second-order valence-electron chi connectivity index (χ2n) is 4.12. The van der Waals surface area contributed by atoms with Gasteiger partial charge in [-0.2, -0.15) is 5.10 Å². The lowest BCUT2D eigenvalue weighted by molar-refractivity contribution is -0.142. The van der Waals surface area contributed by atoms with Crippen molar-refractivity contribution in [2.24, 2.45) is 0 Å². The van der Waals surface area contributed by atoms with Gasteiger partial charge >= 0.3 is 5.97 Å². The molecule has 0 fully saturated rings. The minimum atomic E-state index is -0.912. The summed E-state index contributed by atoms with van der Waals surface area (Å²) in [6, 6.07) is 1.89. The summed E-state index contributed by atoms with van der Waals surface area (Å²) in [5.41, 5.74) is 0.806. The van der Waals surface area contributed by atoms with Crippen molar-refractivity contribution >= 4 is 5.97 Å². The zero-order chi connectivity index (χ0) is 11.6. The van der Waals surface area contributed by atoms with Gasteiger partial charge in [-0.25, -0.2) is 0 Å². The summed E-state index contributed by atoms with van der Waals surface area (Å²) in [6.07, 6.45) is 0.872. The number of carbonyl (C=O) groups is 1. The normalized spacial score (nSPS) is 11.7. The first kappa shape index (κ1) is 11.8. The fourth-order valence-electron chi connectivity index (χ4n) is 1.43. The molecule has 0 unspecified atom stereocenters. The second-order valence-corrected chi connectivity index (χ2v) is 4.12. The molecule has 1 aromatic heterocycles. The van der Waals surface area contributed by atoms with Crippen molar-refractivity contribution in [2.75, 3.05) is 0 Å². The van der Waals surface area contributed by atoms with Crippen LogP contribution in [0.5, 0.6) is 0 Å². The van der Waals surface area contributed by atoms with Crippen LogP contribution in [0, 0.1) is 0 Å². The van der Waals surface area contributed by atoms with E-state index in [9.17, 15) is 4.79 Å². The van der Waals surface area contributed by atoms with Crippen LogP contribution in [0.1, 0.15) is 39.1 Å². The number of carboxylic acid groups (broad SMARTS) is 1. The lowest BCUT2D eigenvalue weighted by Gasteiger charge is -2.15. The molecule has 0 spiro atoms. The van der Waals surface area contributed by atoms with Crippen molar-refractivity contribution in [1.82, 2.24) is 9.78 Å². The number of aromatic nitrogens is 2. The maximum Gasteiger partial charge on any atom is 0.315 e. The van der Waals surface area contributed by atoms with Crippen LogP contribution in [0.2, 0.25) is 0 Å². The molecule has 0 aliphatic rings. The number of aliphatic carboxylic acids is 1. The minimum Gasteiger partial charge on any atom is -0.481 e. The fraction of sp³-hybridized carbons (Fsp3) is 0.636. The number of carboxylic acids is 1. The average molecular weight is 210 g/mol. The molecule has 1 aromatic rings. The number of nitrogens with zero attached hydrogens (tertiary/aromatic N) is 2. The number of rotatable bonds is 4. The Morgan fingerprint density at radius 2 is 2.13 bits per heavy atom. The van der Waals surface area contributed by atoms with Crippen LogP contribution in [0.3, 0.4) is 0 Å². The molecule has 0 radical (unpaired) electrons. The molecule has 1 rings (SSSR count). The second kappa shape index (κ2) is 4.04. The summed E-state index contributed by atoms with van der Waals surface area (Å²) in [4.78, 5) is 11.1. The third-order valence-electron chi connectivity index (χ3n) is 2.70. The van der Waals surface area contributed by atoms with Gasteiger partial charge in [0.25, 0.3) is 0 Å².